The highest BCUT2D eigenvalue weighted by atomic mass is 35.5. The lowest BCUT2D eigenvalue weighted by Crippen LogP contribution is -2.49. The van der Waals surface area contributed by atoms with Gasteiger partial charge in [-0.1, -0.05) is 11.6 Å². The molecular weight excluding hydrogens is 276 g/mol. The maximum Gasteiger partial charge on any atom is 0.225 e. The van der Waals surface area contributed by atoms with Crippen molar-refractivity contribution in [3.63, 3.8) is 0 Å². The van der Waals surface area contributed by atoms with Crippen molar-refractivity contribution in [2.75, 3.05) is 38.2 Å². The van der Waals surface area contributed by atoms with Gasteiger partial charge in [0.15, 0.2) is 0 Å². The fraction of sp³-hybridized carbons (Fsp3) is 0.533. The highest BCUT2D eigenvalue weighted by Gasteiger charge is 2.34. The van der Waals surface area contributed by atoms with Gasteiger partial charge in [0.25, 0.3) is 0 Å². The van der Waals surface area contributed by atoms with Crippen LogP contribution in [0.3, 0.4) is 0 Å². The van der Waals surface area contributed by atoms with Crippen molar-refractivity contribution in [3.8, 4) is 5.75 Å². The molecule has 0 radical (unpaired) electrons. The molecule has 1 amide bonds. The van der Waals surface area contributed by atoms with Gasteiger partial charge in [-0.25, -0.2) is 0 Å². The number of rotatable bonds is 3. The minimum absolute atomic E-state index is 0.308. The van der Waals surface area contributed by atoms with Crippen LogP contribution in [-0.4, -0.2) is 44.1 Å². The Bertz CT molecular complexity index is 509. The Hall–Kier alpha value is -1.42. The van der Waals surface area contributed by atoms with Gasteiger partial charge < -0.3 is 14.5 Å². The van der Waals surface area contributed by atoms with Crippen LogP contribution in [0.1, 0.15) is 12.8 Å². The Kier molecular flexibility index (Phi) is 3.74. The second kappa shape index (κ2) is 5.52. The number of anilines is 1. The second-order valence-corrected chi connectivity index (χ2v) is 5.84. The zero-order chi connectivity index (χ0) is 14.1. The first kappa shape index (κ1) is 13.6. The predicted molar refractivity (Wildman–Crippen MR) is 79.5 cm³/mol. The SMILES string of the molecule is COc1ccc(Cl)cc1N1CCN(C(=O)C2CC2)CC1. The summed E-state index contributed by atoms with van der Waals surface area (Å²) < 4.78 is 5.40. The monoisotopic (exact) mass is 294 g/mol. The molecule has 0 N–H and O–H groups in total. The van der Waals surface area contributed by atoms with E-state index in [-0.39, 0.29) is 0 Å². The molecule has 0 bridgehead atoms. The van der Waals surface area contributed by atoms with E-state index in [1.165, 1.54) is 0 Å². The van der Waals surface area contributed by atoms with Crippen LogP contribution in [0.4, 0.5) is 5.69 Å². The average molecular weight is 295 g/mol. The molecule has 1 saturated carbocycles. The third-order valence-electron chi connectivity index (χ3n) is 4.00. The van der Waals surface area contributed by atoms with Crippen molar-refractivity contribution in [1.29, 1.82) is 0 Å². The molecule has 1 aromatic carbocycles. The van der Waals surface area contributed by atoms with Gasteiger partial charge in [-0.3, -0.25) is 4.79 Å². The zero-order valence-corrected chi connectivity index (χ0v) is 12.4. The van der Waals surface area contributed by atoms with Crippen LogP contribution >= 0.6 is 11.6 Å². The van der Waals surface area contributed by atoms with Crippen molar-refractivity contribution in [2.24, 2.45) is 5.92 Å². The number of nitrogens with zero attached hydrogens (tertiary/aromatic N) is 2. The highest BCUT2D eigenvalue weighted by molar-refractivity contribution is 6.30. The van der Waals surface area contributed by atoms with Crippen molar-refractivity contribution >= 4 is 23.2 Å². The van der Waals surface area contributed by atoms with E-state index in [2.05, 4.69) is 4.90 Å². The number of carbonyl (C=O) groups excluding carboxylic acids is 1. The van der Waals surface area contributed by atoms with E-state index in [4.69, 9.17) is 16.3 Å². The van der Waals surface area contributed by atoms with Gasteiger partial charge in [0.05, 0.1) is 12.8 Å². The number of amides is 1. The third-order valence-corrected chi connectivity index (χ3v) is 4.23. The molecule has 2 fully saturated rings. The molecule has 0 spiro atoms. The minimum atomic E-state index is 0.308. The van der Waals surface area contributed by atoms with Gasteiger partial charge in [0.1, 0.15) is 5.75 Å². The van der Waals surface area contributed by atoms with E-state index in [9.17, 15) is 4.79 Å². The summed E-state index contributed by atoms with van der Waals surface area (Å²) in [5.41, 5.74) is 1.01. The lowest BCUT2D eigenvalue weighted by Gasteiger charge is -2.36. The van der Waals surface area contributed by atoms with Gasteiger partial charge in [-0.2, -0.15) is 0 Å². The Labute approximate surface area is 124 Å². The van der Waals surface area contributed by atoms with Gasteiger partial charge in [-0.05, 0) is 31.0 Å². The lowest BCUT2D eigenvalue weighted by atomic mass is 10.2. The fourth-order valence-corrected chi connectivity index (χ4v) is 2.83. The predicted octanol–water partition coefficient (Wildman–Crippen LogP) is 2.41. The summed E-state index contributed by atoms with van der Waals surface area (Å²) in [6.07, 6.45) is 2.14. The number of benzene rings is 1. The van der Waals surface area contributed by atoms with Crippen LogP contribution < -0.4 is 9.64 Å². The summed E-state index contributed by atoms with van der Waals surface area (Å²) in [4.78, 5) is 16.3. The first-order chi connectivity index (χ1) is 9.69. The van der Waals surface area contributed by atoms with E-state index in [0.29, 0.717) is 16.8 Å². The summed E-state index contributed by atoms with van der Waals surface area (Å²) in [6, 6.07) is 5.65. The Morgan fingerprint density at radius 1 is 1.25 bits per heavy atom. The molecule has 0 atom stereocenters. The molecule has 1 aliphatic carbocycles. The largest absolute Gasteiger partial charge is 0.495 e. The molecule has 0 aromatic heterocycles. The number of ether oxygens (including phenoxy) is 1. The quantitative estimate of drug-likeness (QED) is 0.858. The maximum atomic E-state index is 12.0. The van der Waals surface area contributed by atoms with Crippen molar-refractivity contribution in [2.45, 2.75) is 12.8 Å². The standard InChI is InChI=1S/C15H19ClN2O2/c1-20-14-5-4-12(16)10-13(14)17-6-8-18(9-7-17)15(19)11-2-3-11/h4-5,10-11H,2-3,6-9H2,1H3. The summed E-state index contributed by atoms with van der Waals surface area (Å²) in [7, 11) is 1.67. The molecule has 3 rings (SSSR count). The van der Waals surface area contributed by atoms with Gasteiger partial charge in [0.2, 0.25) is 5.91 Å². The van der Waals surface area contributed by atoms with E-state index in [1.54, 1.807) is 7.11 Å². The van der Waals surface area contributed by atoms with Crippen LogP contribution in [0.5, 0.6) is 5.75 Å². The molecular formula is C15H19ClN2O2. The van der Waals surface area contributed by atoms with Crippen molar-refractivity contribution < 1.29 is 9.53 Å². The minimum Gasteiger partial charge on any atom is -0.495 e. The fourth-order valence-electron chi connectivity index (χ4n) is 2.67. The van der Waals surface area contributed by atoms with Gasteiger partial charge in [0, 0.05) is 37.1 Å². The van der Waals surface area contributed by atoms with Crippen LogP contribution in [-0.2, 0) is 4.79 Å². The Morgan fingerprint density at radius 3 is 2.55 bits per heavy atom. The zero-order valence-electron chi connectivity index (χ0n) is 11.6. The topological polar surface area (TPSA) is 32.8 Å². The van der Waals surface area contributed by atoms with E-state index >= 15 is 0 Å². The third kappa shape index (κ3) is 2.70. The summed E-state index contributed by atoms with van der Waals surface area (Å²) in [6.45, 7) is 3.22. The van der Waals surface area contributed by atoms with E-state index in [0.717, 1.165) is 50.5 Å². The highest BCUT2D eigenvalue weighted by Crippen LogP contribution is 2.34. The molecule has 4 nitrogen and oxygen atoms in total. The van der Waals surface area contributed by atoms with E-state index in [1.807, 2.05) is 23.1 Å². The van der Waals surface area contributed by atoms with Crippen LogP contribution in [0.25, 0.3) is 0 Å². The smallest absolute Gasteiger partial charge is 0.225 e. The molecule has 1 aliphatic heterocycles. The second-order valence-electron chi connectivity index (χ2n) is 5.40. The normalized spacial score (nSPS) is 19.1. The molecule has 20 heavy (non-hydrogen) atoms. The van der Waals surface area contributed by atoms with Gasteiger partial charge in [-0.15, -0.1) is 0 Å². The maximum absolute atomic E-state index is 12.0. The number of halogens is 1. The number of piperazine rings is 1. The molecule has 1 saturated heterocycles. The molecule has 1 aromatic rings. The number of methoxy groups -OCH3 is 1. The molecule has 2 aliphatic rings. The average Bonchev–Trinajstić information content (AvgIpc) is 3.31. The lowest BCUT2D eigenvalue weighted by molar-refractivity contribution is -0.132. The van der Waals surface area contributed by atoms with Crippen LogP contribution in [0, 0.1) is 5.92 Å². The van der Waals surface area contributed by atoms with Crippen molar-refractivity contribution in [3.05, 3.63) is 23.2 Å². The number of hydrogen-bond acceptors (Lipinski definition) is 3. The molecule has 108 valence electrons. The summed E-state index contributed by atoms with van der Waals surface area (Å²) in [5, 5.41) is 0.706. The number of carbonyl (C=O) groups is 1. The van der Waals surface area contributed by atoms with Crippen LogP contribution in [0.2, 0.25) is 5.02 Å². The summed E-state index contributed by atoms with van der Waals surface area (Å²) in [5.74, 6) is 1.47. The molecule has 1 heterocycles. The van der Waals surface area contributed by atoms with E-state index < -0.39 is 0 Å². The first-order valence-corrected chi connectivity index (χ1v) is 7.44. The van der Waals surface area contributed by atoms with Crippen LogP contribution in [0.15, 0.2) is 18.2 Å². The summed E-state index contributed by atoms with van der Waals surface area (Å²) >= 11 is 6.08. The number of hydrogen-bond donors (Lipinski definition) is 0. The Balaban J connectivity index is 1.68. The molecule has 5 heteroatoms. The first-order valence-electron chi connectivity index (χ1n) is 7.06. The van der Waals surface area contributed by atoms with Crippen molar-refractivity contribution in [1.82, 2.24) is 4.90 Å². The van der Waals surface area contributed by atoms with Gasteiger partial charge >= 0.3 is 0 Å². The Morgan fingerprint density at radius 2 is 1.95 bits per heavy atom. The molecule has 0 unspecified atom stereocenters.